The third-order valence-corrected chi connectivity index (χ3v) is 2.42. The molecule has 1 aromatic rings. The van der Waals surface area contributed by atoms with E-state index in [0.29, 0.717) is 30.1 Å². The molecular formula is C12H16N2O2S. The minimum absolute atomic E-state index is 0.0397. The number of carbonyl (C=O) groups excluding carboxylic acids is 1. The van der Waals surface area contributed by atoms with Crippen molar-refractivity contribution in [1.29, 1.82) is 0 Å². The number of methoxy groups -OCH3 is 1. The molecule has 0 heterocycles. The Hall–Kier alpha value is -1.46. The Morgan fingerprint density at radius 2 is 2.29 bits per heavy atom. The van der Waals surface area contributed by atoms with Crippen LogP contribution in [0.1, 0.15) is 18.4 Å². The lowest BCUT2D eigenvalue weighted by Crippen LogP contribution is -2.14. The first-order chi connectivity index (χ1) is 8.13. The van der Waals surface area contributed by atoms with Gasteiger partial charge in [0.1, 0.15) is 4.99 Å². The lowest BCUT2D eigenvalue weighted by molar-refractivity contribution is -0.116. The van der Waals surface area contributed by atoms with Crippen molar-refractivity contribution in [3.63, 3.8) is 0 Å². The molecule has 0 atom stereocenters. The second kappa shape index (κ2) is 6.98. The van der Waals surface area contributed by atoms with Gasteiger partial charge >= 0.3 is 0 Å². The van der Waals surface area contributed by atoms with E-state index in [9.17, 15) is 4.79 Å². The maximum absolute atomic E-state index is 11.5. The predicted molar refractivity (Wildman–Crippen MR) is 72.1 cm³/mol. The molecule has 0 aliphatic carbocycles. The topological polar surface area (TPSA) is 64.3 Å². The molecule has 0 saturated carbocycles. The minimum Gasteiger partial charge on any atom is -0.389 e. The second-order valence-electron chi connectivity index (χ2n) is 3.59. The molecule has 1 aromatic carbocycles. The highest BCUT2D eigenvalue weighted by molar-refractivity contribution is 7.80. The third kappa shape index (κ3) is 4.93. The maximum atomic E-state index is 11.5. The molecule has 17 heavy (non-hydrogen) atoms. The van der Waals surface area contributed by atoms with Crippen LogP contribution in [0.4, 0.5) is 5.69 Å². The zero-order valence-electron chi connectivity index (χ0n) is 9.73. The second-order valence-corrected chi connectivity index (χ2v) is 4.03. The van der Waals surface area contributed by atoms with Gasteiger partial charge in [-0.05, 0) is 18.6 Å². The molecule has 1 rings (SSSR count). The standard InChI is InChI=1S/C12H16N2O2S/c1-16-7-3-6-11(15)14-10-5-2-4-9(8-10)12(13)17/h2,4-5,8H,3,6-7H2,1H3,(H2,13,17)(H,14,15). The minimum atomic E-state index is -0.0397. The number of hydrogen-bond acceptors (Lipinski definition) is 3. The van der Waals surface area contributed by atoms with Crippen LogP contribution in [0, 0.1) is 0 Å². The van der Waals surface area contributed by atoms with Crippen molar-refractivity contribution >= 4 is 28.8 Å². The van der Waals surface area contributed by atoms with Gasteiger partial charge in [-0.1, -0.05) is 24.4 Å². The summed E-state index contributed by atoms with van der Waals surface area (Å²) in [6.45, 7) is 0.584. The highest BCUT2D eigenvalue weighted by Crippen LogP contribution is 2.11. The highest BCUT2D eigenvalue weighted by atomic mass is 32.1. The van der Waals surface area contributed by atoms with Gasteiger partial charge in [-0.2, -0.15) is 0 Å². The van der Waals surface area contributed by atoms with Gasteiger partial charge in [0, 0.05) is 31.4 Å². The van der Waals surface area contributed by atoms with Crippen LogP contribution in [0.5, 0.6) is 0 Å². The number of amides is 1. The first kappa shape index (κ1) is 13.6. The van der Waals surface area contributed by atoms with Crippen LogP contribution in [0.15, 0.2) is 24.3 Å². The van der Waals surface area contributed by atoms with Crippen molar-refractivity contribution in [3.8, 4) is 0 Å². The smallest absolute Gasteiger partial charge is 0.224 e. The van der Waals surface area contributed by atoms with Crippen molar-refractivity contribution < 1.29 is 9.53 Å². The summed E-state index contributed by atoms with van der Waals surface area (Å²) in [5.41, 5.74) is 6.97. The molecule has 0 unspecified atom stereocenters. The molecule has 3 N–H and O–H groups in total. The highest BCUT2D eigenvalue weighted by Gasteiger charge is 2.03. The lowest BCUT2D eigenvalue weighted by atomic mass is 10.2. The molecule has 4 nitrogen and oxygen atoms in total. The van der Waals surface area contributed by atoms with E-state index in [4.69, 9.17) is 22.7 Å². The predicted octanol–water partition coefficient (Wildman–Crippen LogP) is 1.69. The summed E-state index contributed by atoms with van der Waals surface area (Å²) < 4.78 is 4.88. The van der Waals surface area contributed by atoms with Gasteiger partial charge in [0.05, 0.1) is 0 Å². The Morgan fingerprint density at radius 1 is 1.53 bits per heavy atom. The van der Waals surface area contributed by atoms with Gasteiger partial charge in [0.2, 0.25) is 5.91 Å². The van der Waals surface area contributed by atoms with E-state index < -0.39 is 0 Å². The molecule has 0 spiro atoms. The van der Waals surface area contributed by atoms with E-state index in [1.807, 2.05) is 6.07 Å². The number of nitrogens with one attached hydrogen (secondary N) is 1. The Labute approximate surface area is 106 Å². The maximum Gasteiger partial charge on any atom is 0.224 e. The Bertz CT molecular complexity index is 407. The van der Waals surface area contributed by atoms with Crippen molar-refractivity contribution in [2.75, 3.05) is 19.0 Å². The first-order valence-electron chi connectivity index (χ1n) is 5.32. The average molecular weight is 252 g/mol. The van der Waals surface area contributed by atoms with Crippen molar-refractivity contribution in [1.82, 2.24) is 0 Å². The number of benzene rings is 1. The summed E-state index contributed by atoms with van der Waals surface area (Å²) in [5.74, 6) is -0.0397. The van der Waals surface area contributed by atoms with Crippen molar-refractivity contribution in [3.05, 3.63) is 29.8 Å². The van der Waals surface area contributed by atoms with E-state index in [1.54, 1.807) is 25.3 Å². The first-order valence-corrected chi connectivity index (χ1v) is 5.73. The van der Waals surface area contributed by atoms with Crippen LogP contribution in [0.2, 0.25) is 0 Å². The van der Waals surface area contributed by atoms with Crippen LogP contribution in [0.3, 0.4) is 0 Å². The molecule has 0 bridgehead atoms. The van der Waals surface area contributed by atoms with E-state index >= 15 is 0 Å². The molecule has 5 heteroatoms. The Kier molecular flexibility index (Phi) is 5.59. The van der Waals surface area contributed by atoms with Crippen LogP contribution in [-0.2, 0) is 9.53 Å². The SMILES string of the molecule is COCCCC(=O)Nc1cccc(C(N)=S)c1. The fourth-order valence-corrected chi connectivity index (χ4v) is 1.48. The van der Waals surface area contributed by atoms with E-state index in [1.165, 1.54) is 0 Å². The molecule has 92 valence electrons. The molecule has 0 aliphatic heterocycles. The summed E-state index contributed by atoms with van der Waals surface area (Å²) in [7, 11) is 1.61. The largest absolute Gasteiger partial charge is 0.389 e. The summed E-state index contributed by atoms with van der Waals surface area (Å²) in [5, 5.41) is 2.79. The van der Waals surface area contributed by atoms with Gasteiger partial charge < -0.3 is 15.8 Å². The van der Waals surface area contributed by atoms with E-state index in [0.717, 1.165) is 5.56 Å². The molecule has 1 amide bonds. The van der Waals surface area contributed by atoms with Crippen LogP contribution in [-0.4, -0.2) is 24.6 Å². The third-order valence-electron chi connectivity index (χ3n) is 2.18. The van der Waals surface area contributed by atoms with Gasteiger partial charge in [-0.25, -0.2) is 0 Å². The number of carbonyl (C=O) groups is 1. The fourth-order valence-electron chi connectivity index (χ4n) is 1.35. The molecule has 0 fully saturated rings. The van der Waals surface area contributed by atoms with Gasteiger partial charge in [-0.3, -0.25) is 4.79 Å². The van der Waals surface area contributed by atoms with Gasteiger partial charge in [-0.15, -0.1) is 0 Å². The summed E-state index contributed by atoms with van der Waals surface area (Å²) in [6, 6.07) is 7.18. The fraction of sp³-hybridized carbons (Fsp3) is 0.333. The number of nitrogens with two attached hydrogens (primary N) is 1. The van der Waals surface area contributed by atoms with Gasteiger partial charge in [0.15, 0.2) is 0 Å². The number of thiocarbonyl (C=S) groups is 1. The quantitative estimate of drug-likeness (QED) is 0.597. The van der Waals surface area contributed by atoms with Crippen LogP contribution < -0.4 is 11.1 Å². The zero-order valence-corrected chi connectivity index (χ0v) is 10.5. The normalized spacial score (nSPS) is 9.94. The van der Waals surface area contributed by atoms with Gasteiger partial charge in [0.25, 0.3) is 0 Å². The number of ether oxygens (including phenoxy) is 1. The number of hydrogen-bond donors (Lipinski definition) is 2. The molecular weight excluding hydrogens is 236 g/mol. The zero-order chi connectivity index (χ0) is 12.7. The summed E-state index contributed by atoms with van der Waals surface area (Å²) >= 11 is 4.87. The molecule has 0 aliphatic rings. The molecule has 0 aromatic heterocycles. The molecule has 0 radical (unpaired) electrons. The summed E-state index contributed by atoms with van der Waals surface area (Å²) in [4.78, 5) is 11.9. The van der Waals surface area contributed by atoms with E-state index in [2.05, 4.69) is 5.32 Å². The number of anilines is 1. The van der Waals surface area contributed by atoms with E-state index in [-0.39, 0.29) is 5.91 Å². The van der Waals surface area contributed by atoms with Crippen molar-refractivity contribution in [2.45, 2.75) is 12.8 Å². The number of rotatable bonds is 6. The lowest BCUT2D eigenvalue weighted by Gasteiger charge is -2.06. The molecule has 0 saturated heterocycles. The Morgan fingerprint density at radius 3 is 2.94 bits per heavy atom. The van der Waals surface area contributed by atoms with Crippen LogP contribution in [0.25, 0.3) is 0 Å². The Balaban J connectivity index is 2.53. The monoisotopic (exact) mass is 252 g/mol. The summed E-state index contributed by atoms with van der Waals surface area (Å²) in [6.07, 6.45) is 1.14. The van der Waals surface area contributed by atoms with Crippen molar-refractivity contribution in [2.24, 2.45) is 5.73 Å². The average Bonchev–Trinajstić information content (AvgIpc) is 2.29. The van der Waals surface area contributed by atoms with Crippen LogP contribution >= 0.6 is 12.2 Å².